The Morgan fingerprint density at radius 3 is 2.86 bits per heavy atom. The highest BCUT2D eigenvalue weighted by Gasteiger charge is 2.26. The lowest BCUT2D eigenvalue weighted by Crippen LogP contribution is -2.28. The first kappa shape index (κ1) is 16.7. The summed E-state index contributed by atoms with van der Waals surface area (Å²) in [4.78, 5) is 23.4. The fraction of sp³-hybridized carbons (Fsp3) is 0.238. The summed E-state index contributed by atoms with van der Waals surface area (Å²) in [7, 11) is 0. The Labute approximate surface area is 161 Å². The minimum absolute atomic E-state index is 0.217. The zero-order valence-electron chi connectivity index (χ0n) is 15.4. The number of anilines is 1. The molecule has 0 amide bonds. The second-order valence-electron chi connectivity index (χ2n) is 7.26. The van der Waals surface area contributed by atoms with Crippen molar-refractivity contribution in [3.63, 3.8) is 0 Å². The number of carboxylic acid groups (broad SMARTS) is 1. The van der Waals surface area contributed by atoms with E-state index in [2.05, 4.69) is 28.1 Å². The van der Waals surface area contributed by atoms with Gasteiger partial charge in [-0.3, -0.25) is 5.10 Å². The average Bonchev–Trinajstić information content (AvgIpc) is 3.34. The largest absolute Gasteiger partial charge is 0.478 e. The second-order valence-corrected chi connectivity index (χ2v) is 7.26. The number of aromatic carboxylic acids is 1. The van der Waals surface area contributed by atoms with Gasteiger partial charge in [-0.2, -0.15) is 5.10 Å². The van der Waals surface area contributed by atoms with Gasteiger partial charge < -0.3 is 10.0 Å². The lowest BCUT2D eigenvalue weighted by atomic mass is 10.1. The molecule has 0 spiro atoms. The molecule has 1 aliphatic heterocycles. The highest BCUT2D eigenvalue weighted by molar-refractivity contribution is 5.94. The number of hydrogen-bond acceptors (Lipinski definition) is 5. The van der Waals surface area contributed by atoms with Gasteiger partial charge in [-0.15, -0.1) is 0 Å². The average molecular weight is 373 g/mol. The number of rotatable bonds is 3. The molecule has 4 aromatic rings. The SMILES string of the molecule is C[C@H]1CCCN1c1nc2cc(C(=O)O)ccc2nc1-c1ccc2[nH]ncc2c1. The molecule has 2 N–H and O–H groups in total. The number of benzene rings is 2. The first-order valence-corrected chi connectivity index (χ1v) is 9.35. The number of fused-ring (bicyclic) bond motifs is 2. The molecule has 0 aliphatic carbocycles. The third-order valence-corrected chi connectivity index (χ3v) is 5.43. The van der Waals surface area contributed by atoms with E-state index in [1.807, 2.05) is 12.1 Å². The lowest BCUT2D eigenvalue weighted by Gasteiger charge is -2.25. The normalized spacial score (nSPS) is 16.9. The van der Waals surface area contributed by atoms with Gasteiger partial charge in [0.2, 0.25) is 0 Å². The number of nitrogens with one attached hydrogen (secondary N) is 1. The van der Waals surface area contributed by atoms with Crippen LogP contribution in [0.15, 0.2) is 42.6 Å². The monoisotopic (exact) mass is 373 g/mol. The van der Waals surface area contributed by atoms with Crippen LogP contribution in [0.2, 0.25) is 0 Å². The summed E-state index contributed by atoms with van der Waals surface area (Å²) in [5, 5.41) is 17.4. The second kappa shape index (κ2) is 6.30. The Kier molecular flexibility index (Phi) is 3.75. The van der Waals surface area contributed by atoms with Crippen LogP contribution in [-0.4, -0.2) is 43.8 Å². The van der Waals surface area contributed by atoms with E-state index in [0.29, 0.717) is 17.1 Å². The maximum absolute atomic E-state index is 11.4. The first-order valence-electron chi connectivity index (χ1n) is 9.35. The number of H-pyrrole nitrogens is 1. The Balaban J connectivity index is 1.75. The summed E-state index contributed by atoms with van der Waals surface area (Å²) in [6.07, 6.45) is 4.01. The van der Waals surface area contributed by atoms with E-state index < -0.39 is 5.97 Å². The van der Waals surface area contributed by atoms with E-state index in [0.717, 1.165) is 47.4 Å². The molecule has 0 radical (unpaired) electrons. The Hall–Kier alpha value is -3.48. The quantitative estimate of drug-likeness (QED) is 0.566. The van der Waals surface area contributed by atoms with Crippen LogP contribution in [0, 0.1) is 0 Å². The molecule has 5 rings (SSSR count). The lowest BCUT2D eigenvalue weighted by molar-refractivity contribution is 0.0697. The summed E-state index contributed by atoms with van der Waals surface area (Å²) in [5.74, 6) is -0.155. The van der Waals surface area contributed by atoms with Crippen LogP contribution in [-0.2, 0) is 0 Å². The van der Waals surface area contributed by atoms with Gasteiger partial charge in [0.25, 0.3) is 0 Å². The summed E-state index contributed by atoms with van der Waals surface area (Å²) in [6.45, 7) is 3.11. The molecule has 3 heterocycles. The van der Waals surface area contributed by atoms with Gasteiger partial charge in [0, 0.05) is 23.5 Å². The molecule has 2 aromatic heterocycles. The van der Waals surface area contributed by atoms with E-state index in [1.165, 1.54) is 0 Å². The Bertz CT molecular complexity index is 1220. The zero-order valence-corrected chi connectivity index (χ0v) is 15.4. The minimum Gasteiger partial charge on any atom is -0.478 e. The summed E-state index contributed by atoms with van der Waals surface area (Å²) < 4.78 is 0. The molecule has 0 bridgehead atoms. The minimum atomic E-state index is -0.964. The topological polar surface area (TPSA) is 95.0 Å². The van der Waals surface area contributed by atoms with Crippen molar-refractivity contribution in [2.75, 3.05) is 11.4 Å². The zero-order chi connectivity index (χ0) is 19.3. The number of carboxylic acids is 1. The molecule has 0 unspecified atom stereocenters. The van der Waals surface area contributed by atoms with Crippen LogP contribution in [0.25, 0.3) is 33.2 Å². The van der Waals surface area contributed by atoms with Gasteiger partial charge in [-0.1, -0.05) is 6.07 Å². The number of carbonyl (C=O) groups is 1. The highest BCUT2D eigenvalue weighted by atomic mass is 16.4. The third-order valence-electron chi connectivity index (χ3n) is 5.43. The van der Waals surface area contributed by atoms with Crippen molar-refractivity contribution in [3.05, 3.63) is 48.2 Å². The van der Waals surface area contributed by atoms with E-state index in [-0.39, 0.29) is 5.56 Å². The molecule has 1 fully saturated rings. The van der Waals surface area contributed by atoms with Crippen LogP contribution in [0.4, 0.5) is 5.82 Å². The summed E-state index contributed by atoms with van der Waals surface area (Å²) in [6, 6.07) is 11.3. The molecule has 1 saturated heterocycles. The first-order chi connectivity index (χ1) is 13.6. The number of hydrogen-bond donors (Lipinski definition) is 2. The molecule has 7 nitrogen and oxygen atoms in total. The molecule has 7 heteroatoms. The van der Waals surface area contributed by atoms with Gasteiger partial charge in [-0.25, -0.2) is 14.8 Å². The number of nitrogens with zero attached hydrogens (tertiary/aromatic N) is 4. The molecule has 0 saturated carbocycles. The molecule has 28 heavy (non-hydrogen) atoms. The van der Waals surface area contributed by atoms with Crippen LogP contribution in [0.3, 0.4) is 0 Å². The van der Waals surface area contributed by atoms with Crippen LogP contribution < -0.4 is 4.90 Å². The van der Waals surface area contributed by atoms with Crippen molar-refractivity contribution in [1.29, 1.82) is 0 Å². The van der Waals surface area contributed by atoms with Crippen molar-refractivity contribution in [2.24, 2.45) is 0 Å². The van der Waals surface area contributed by atoms with Gasteiger partial charge in [0.15, 0.2) is 5.82 Å². The van der Waals surface area contributed by atoms with Crippen LogP contribution in [0.5, 0.6) is 0 Å². The van der Waals surface area contributed by atoms with Crippen molar-refractivity contribution in [3.8, 4) is 11.3 Å². The number of aromatic nitrogens is 4. The standard InChI is InChI=1S/C21H19N5O2/c1-12-3-2-8-26(12)20-19(13-4-6-16-15(9-13)11-22-25-16)23-17-7-5-14(21(27)28)10-18(17)24-20/h4-7,9-12H,2-3,8H2,1H3,(H,22,25)(H,27,28)/t12-/m0/s1. The molecule has 1 atom stereocenters. The van der Waals surface area contributed by atoms with Crippen LogP contribution in [0.1, 0.15) is 30.1 Å². The van der Waals surface area contributed by atoms with Gasteiger partial charge in [0.05, 0.1) is 28.3 Å². The summed E-state index contributed by atoms with van der Waals surface area (Å²) >= 11 is 0. The Morgan fingerprint density at radius 1 is 1.18 bits per heavy atom. The predicted molar refractivity (Wildman–Crippen MR) is 108 cm³/mol. The van der Waals surface area contributed by atoms with E-state index in [9.17, 15) is 9.90 Å². The smallest absolute Gasteiger partial charge is 0.335 e. The van der Waals surface area contributed by atoms with Gasteiger partial charge in [-0.05, 0) is 50.1 Å². The van der Waals surface area contributed by atoms with Crippen LogP contribution >= 0.6 is 0 Å². The molecular weight excluding hydrogens is 354 g/mol. The molecule has 2 aromatic carbocycles. The van der Waals surface area contributed by atoms with Crippen molar-refractivity contribution < 1.29 is 9.90 Å². The van der Waals surface area contributed by atoms with E-state index in [1.54, 1.807) is 24.4 Å². The van der Waals surface area contributed by atoms with Crippen molar-refractivity contribution in [1.82, 2.24) is 20.2 Å². The molecular formula is C21H19N5O2. The number of aromatic amines is 1. The van der Waals surface area contributed by atoms with Crippen molar-refractivity contribution >= 4 is 33.7 Å². The maximum Gasteiger partial charge on any atom is 0.335 e. The summed E-state index contributed by atoms with van der Waals surface area (Å²) in [5.41, 5.74) is 4.26. The van der Waals surface area contributed by atoms with E-state index >= 15 is 0 Å². The van der Waals surface area contributed by atoms with Crippen molar-refractivity contribution in [2.45, 2.75) is 25.8 Å². The predicted octanol–water partition coefficient (Wildman–Crippen LogP) is 3.86. The highest BCUT2D eigenvalue weighted by Crippen LogP contribution is 2.35. The van der Waals surface area contributed by atoms with Gasteiger partial charge >= 0.3 is 5.97 Å². The fourth-order valence-corrected chi connectivity index (χ4v) is 3.91. The Morgan fingerprint density at radius 2 is 2.07 bits per heavy atom. The third kappa shape index (κ3) is 2.67. The van der Waals surface area contributed by atoms with Gasteiger partial charge in [0.1, 0.15) is 5.69 Å². The maximum atomic E-state index is 11.4. The fourth-order valence-electron chi connectivity index (χ4n) is 3.91. The molecule has 1 aliphatic rings. The van der Waals surface area contributed by atoms with E-state index in [4.69, 9.17) is 9.97 Å². The molecule has 140 valence electrons.